The maximum Gasteiger partial charge on any atom is 0.244 e. The van der Waals surface area contributed by atoms with Crippen molar-refractivity contribution in [3.8, 4) is 0 Å². The second-order valence-corrected chi connectivity index (χ2v) is 7.77. The highest BCUT2D eigenvalue weighted by Gasteiger charge is 2.30. The normalized spacial score (nSPS) is 17.8. The number of hydrogen-bond acceptors (Lipinski definition) is 3. The van der Waals surface area contributed by atoms with Gasteiger partial charge in [-0.3, -0.25) is 0 Å². The largest absolute Gasteiger partial charge is 0.317 e. The molecule has 1 fully saturated rings. The van der Waals surface area contributed by atoms with Gasteiger partial charge in [0, 0.05) is 23.6 Å². The SMILES string of the molecule is CNC1CCN(S(=O)(=O)c2ccc(Br)cc2Cl)CC1.Cl. The minimum Gasteiger partial charge on any atom is -0.317 e. The average Bonchev–Trinajstić information content (AvgIpc) is 2.38. The molecule has 4 nitrogen and oxygen atoms in total. The molecule has 0 aliphatic carbocycles. The van der Waals surface area contributed by atoms with Gasteiger partial charge in [-0.2, -0.15) is 4.31 Å². The number of nitrogens with zero attached hydrogens (tertiary/aromatic N) is 1. The van der Waals surface area contributed by atoms with E-state index in [0.29, 0.717) is 19.1 Å². The lowest BCUT2D eigenvalue weighted by atomic mass is 10.1. The third-order valence-corrected chi connectivity index (χ3v) is 6.25. The van der Waals surface area contributed by atoms with E-state index in [1.807, 2.05) is 7.05 Å². The number of piperidine rings is 1. The van der Waals surface area contributed by atoms with Crippen molar-refractivity contribution in [1.29, 1.82) is 0 Å². The zero-order valence-corrected chi connectivity index (χ0v) is 14.9. The highest BCUT2D eigenvalue weighted by atomic mass is 79.9. The van der Waals surface area contributed by atoms with Crippen LogP contribution in [0.2, 0.25) is 5.02 Å². The van der Waals surface area contributed by atoms with Crippen molar-refractivity contribution in [2.45, 2.75) is 23.8 Å². The summed E-state index contributed by atoms with van der Waals surface area (Å²) in [4.78, 5) is 0.181. The Hall–Kier alpha value is 0.150. The van der Waals surface area contributed by atoms with Crippen molar-refractivity contribution in [3.63, 3.8) is 0 Å². The number of hydrogen-bond donors (Lipinski definition) is 1. The number of rotatable bonds is 3. The van der Waals surface area contributed by atoms with Gasteiger partial charge in [0.2, 0.25) is 10.0 Å². The Kier molecular flexibility index (Phi) is 6.76. The second-order valence-electron chi connectivity index (χ2n) is 4.54. The van der Waals surface area contributed by atoms with E-state index >= 15 is 0 Å². The first-order valence-electron chi connectivity index (χ1n) is 6.07. The lowest BCUT2D eigenvalue weighted by molar-refractivity contribution is 0.298. The molecule has 8 heteroatoms. The van der Waals surface area contributed by atoms with E-state index in [1.165, 1.54) is 4.31 Å². The van der Waals surface area contributed by atoms with Crippen LogP contribution in [0, 0.1) is 0 Å². The van der Waals surface area contributed by atoms with E-state index in [9.17, 15) is 8.42 Å². The number of sulfonamides is 1. The van der Waals surface area contributed by atoms with E-state index in [-0.39, 0.29) is 22.3 Å². The van der Waals surface area contributed by atoms with Crippen LogP contribution in [-0.4, -0.2) is 38.9 Å². The molecule has 1 aromatic carbocycles. The molecule has 2 rings (SSSR count). The molecular weight excluding hydrogens is 387 g/mol. The minimum absolute atomic E-state index is 0. The van der Waals surface area contributed by atoms with Gasteiger partial charge in [0.25, 0.3) is 0 Å². The topological polar surface area (TPSA) is 49.4 Å². The maximum atomic E-state index is 12.5. The fourth-order valence-electron chi connectivity index (χ4n) is 2.21. The Morgan fingerprint density at radius 3 is 2.45 bits per heavy atom. The summed E-state index contributed by atoms with van der Waals surface area (Å²) in [6, 6.07) is 5.24. The molecule has 1 aliphatic heterocycles. The van der Waals surface area contributed by atoms with Gasteiger partial charge in [-0.25, -0.2) is 8.42 Å². The molecule has 1 N–H and O–H groups in total. The Bertz CT molecular complexity index is 561. The number of benzene rings is 1. The average molecular weight is 404 g/mol. The molecule has 0 saturated carbocycles. The molecule has 0 atom stereocenters. The predicted molar refractivity (Wildman–Crippen MR) is 87.2 cm³/mol. The third-order valence-electron chi connectivity index (χ3n) is 3.37. The molecule has 0 amide bonds. The molecule has 0 aromatic heterocycles. The molecule has 1 heterocycles. The lowest BCUT2D eigenvalue weighted by Crippen LogP contribution is -2.43. The minimum atomic E-state index is -3.49. The third kappa shape index (κ3) is 3.87. The zero-order chi connectivity index (χ0) is 14.0. The molecule has 20 heavy (non-hydrogen) atoms. The number of halogens is 3. The molecule has 114 valence electrons. The highest BCUT2D eigenvalue weighted by Crippen LogP contribution is 2.29. The Balaban J connectivity index is 0.00000200. The van der Waals surface area contributed by atoms with Gasteiger partial charge < -0.3 is 5.32 Å². The zero-order valence-electron chi connectivity index (χ0n) is 11.0. The van der Waals surface area contributed by atoms with E-state index in [4.69, 9.17) is 11.6 Å². The quantitative estimate of drug-likeness (QED) is 0.843. The standard InChI is InChI=1S/C12H16BrClN2O2S.ClH/c1-15-10-4-6-16(7-5-10)19(17,18)12-3-2-9(13)8-11(12)14;/h2-3,8,10,15H,4-7H2,1H3;1H. The molecule has 1 aromatic rings. The molecule has 0 spiro atoms. The van der Waals surface area contributed by atoms with E-state index < -0.39 is 10.0 Å². The van der Waals surface area contributed by atoms with Crippen LogP contribution in [0.4, 0.5) is 0 Å². The molecule has 0 bridgehead atoms. The maximum absolute atomic E-state index is 12.5. The van der Waals surface area contributed by atoms with Crippen LogP contribution in [0.3, 0.4) is 0 Å². The van der Waals surface area contributed by atoms with Crippen molar-refractivity contribution in [3.05, 3.63) is 27.7 Å². The summed E-state index contributed by atoms with van der Waals surface area (Å²) in [7, 11) is -1.59. The van der Waals surface area contributed by atoms with Crippen molar-refractivity contribution in [1.82, 2.24) is 9.62 Å². The van der Waals surface area contributed by atoms with E-state index in [1.54, 1.807) is 18.2 Å². The van der Waals surface area contributed by atoms with Crippen LogP contribution in [0.1, 0.15) is 12.8 Å². The van der Waals surface area contributed by atoms with Crippen LogP contribution < -0.4 is 5.32 Å². The molecule has 0 radical (unpaired) electrons. The second kappa shape index (κ2) is 7.42. The van der Waals surface area contributed by atoms with Gasteiger partial charge in [-0.05, 0) is 38.1 Å². The van der Waals surface area contributed by atoms with E-state index in [2.05, 4.69) is 21.2 Å². The first-order valence-corrected chi connectivity index (χ1v) is 8.68. The van der Waals surface area contributed by atoms with Crippen molar-refractivity contribution in [2.75, 3.05) is 20.1 Å². The number of nitrogens with one attached hydrogen (secondary N) is 1. The smallest absolute Gasteiger partial charge is 0.244 e. The first kappa shape index (κ1) is 18.2. The van der Waals surface area contributed by atoms with Crippen LogP contribution in [0.5, 0.6) is 0 Å². The summed E-state index contributed by atoms with van der Waals surface area (Å²) in [5.41, 5.74) is 0. The van der Waals surface area contributed by atoms with Crippen molar-refractivity contribution >= 4 is 50.0 Å². The van der Waals surface area contributed by atoms with Gasteiger partial charge in [-0.15, -0.1) is 12.4 Å². The van der Waals surface area contributed by atoms with Gasteiger partial charge in [-0.1, -0.05) is 27.5 Å². The molecule has 1 aliphatic rings. The molecular formula is C12H17BrCl2N2O2S. The monoisotopic (exact) mass is 402 g/mol. The fourth-order valence-corrected chi connectivity index (χ4v) is 4.69. The van der Waals surface area contributed by atoms with Crippen LogP contribution in [-0.2, 0) is 10.0 Å². The van der Waals surface area contributed by atoms with Crippen LogP contribution >= 0.6 is 39.9 Å². The summed E-state index contributed by atoms with van der Waals surface area (Å²) < 4.78 is 27.3. The van der Waals surface area contributed by atoms with Gasteiger partial charge in [0.05, 0.1) is 5.02 Å². The van der Waals surface area contributed by atoms with Crippen molar-refractivity contribution in [2.24, 2.45) is 0 Å². The summed E-state index contributed by atoms with van der Waals surface area (Å²) in [5, 5.41) is 3.44. The summed E-state index contributed by atoms with van der Waals surface area (Å²) in [6.07, 6.45) is 1.65. The van der Waals surface area contributed by atoms with Gasteiger partial charge >= 0.3 is 0 Å². The Labute approximate surface area is 139 Å². The Morgan fingerprint density at radius 2 is 1.95 bits per heavy atom. The molecule has 1 saturated heterocycles. The molecule has 0 unspecified atom stereocenters. The van der Waals surface area contributed by atoms with Crippen LogP contribution in [0.15, 0.2) is 27.6 Å². The van der Waals surface area contributed by atoms with Crippen LogP contribution in [0.25, 0.3) is 0 Å². The van der Waals surface area contributed by atoms with Gasteiger partial charge in [0.15, 0.2) is 0 Å². The van der Waals surface area contributed by atoms with Gasteiger partial charge in [0.1, 0.15) is 4.90 Å². The summed E-state index contributed by atoms with van der Waals surface area (Å²) in [5.74, 6) is 0. The van der Waals surface area contributed by atoms with E-state index in [0.717, 1.165) is 17.3 Å². The van der Waals surface area contributed by atoms with Crippen molar-refractivity contribution < 1.29 is 8.42 Å². The lowest BCUT2D eigenvalue weighted by Gasteiger charge is -2.31. The predicted octanol–water partition coefficient (Wildman–Crippen LogP) is 2.90. The highest BCUT2D eigenvalue weighted by molar-refractivity contribution is 9.10. The first-order chi connectivity index (χ1) is 8.95. The fraction of sp³-hybridized carbons (Fsp3) is 0.500. The summed E-state index contributed by atoms with van der Waals surface area (Å²) >= 11 is 9.32. The Morgan fingerprint density at radius 1 is 1.35 bits per heavy atom. The summed E-state index contributed by atoms with van der Waals surface area (Å²) in [6.45, 7) is 1.06.